The molecular weight excluding hydrogens is 283 g/mol. The topological polar surface area (TPSA) is 59.8 Å². The first-order valence-electron chi connectivity index (χ1n) is 7.04. The van der Waals surface area contributed by atoms with Gasteiger partial charge < -0.3 is 5.32 Å². The van der Waals surface area contributed by atoms with E-state index in [4.69, 9.17) is 0 Å². The third-order valence-electron chi connectivity index (χ3n) is 3.43. The highest BCUT2D eigenvalue weighted by Gasteiger charge is 2.19. The van der Waals surface area contributed by atoms with Crippen LogP contribution >= 0.6 is 0 Å². The molecule has 0 aliphatic carbocycles. The Morgan fingerprint density at radius 1 is 1.23 bits per heavy atom. The summed E-state index contributed by atoms with van der Waals surface area (Å²) in [5.41, 5.74) is 2.27. The van der Waals surface area contributed by atoms with E-state index in [1.807, 2.05) is 24.3 Å². The Balaban J connectivity index is 2.08. The SMILES string of the molecule is CCC(=O)NC(c1ccc(F)cc1)n1nnc2ccccc21. The Hall–Kier alpha value is -2.76. The van der Waals surface area contributed by atoms with Crippen LogP contribution in [0.25, 0.3) is 11.0 Å². The molecule has 0 aliphatic heterocycles. The molecule has 3 rings (SSSR count). The van der Waals surface area contributed by atoms with Gasteiger partial charge in [0.1, 0.15) is 11.3 Å². The molecule has 3 aromatic rings. The Kier molecular flexibility index (Phi) is 3.82. The van der Waals surface area contributed by atoms with Gasteiger partial charge in [0.15, 0.2) is 6.17 Å². The number of carbonyl (C=O) groups is 1. The molecule has 0 spiro atoms. The first kappa shape index (κ1) is 14.2. The van der Waals surface area contributed by atoms with Crippen molar-refractivity contribution in [1.82, 2.24) is 20.3 Å². The zero-order chi connectivity index (χ0) is 15.5. The Morgan fingerprint density at radius 2 is 1.95 bits per heavy atom. The predicted octanol–water partition coefficient (Wildman–Crippen LogP) is 2.64. The number of amides is 1. The Labute approximate surface area is 126 Å². The van der Waals surface area contributed by atoms with Crippen molar-refractivity contribution in [2.75, 3.05) is 0 Å². The van der Waals surface area contributed by atoms with E-state index >= 15 is 0 Å². The van der Waals surface area contributed by atoms with Crippen LogP contribution in [-0.4, -0.2) is 20.9 Å². The van der Waals surface area contributed by atoms with Gasteiger partial charge in [-0.1, -0.05) is 36.4 Å². The number of rotatable bonds is 4. The largest absolute Gasteiger partial charge is 0.330 e. The predicted molar refractivity (Wildman–Crippen MR) is 80.5 cm³/mol. The van der Waals surface area contributed by atoms with Gasteiger partial charge in [0.2, 0.25) is 5.91 Å². The van der Waals surface area contributed by atoms with Gasteiger partial charge in [-0.05, 0) is 29.8 Å². The molecule has 22 heavy (non-hydrogen) atoms. The van der Waals surface area contributed by atoms with Crippen molar-refractivity contribution in [2.45, 2.75) is 19.5 Å². The smallest absolute Gasteiger partial charge is 0.221 e. The molecule has 0 radical (unpaired) electrons. The summed E-state index contributed by atoms with van der Waals surface area (Å²) < 4.78 is 14.8. The van der Waals surface area contributed by atoms with Crippen LogP contribution in [0.2, 0.25) is 0 Å². The number of hydrogen-bond donors (Lipinski definition) is 1. The fraction of sp³-hybridized carbons (Fsp3) is 0.188. The number of nitrogens with one attached hydrogen (secondary N) is 1. The van der Waals surface area contributed by atoms with Crippen molar-refractivity contribution in [3.05, 3.63) is 59.9 Å². The summed E-state index contributed by atoms with van der Waals surface area (Å²) in [5, 5.41) is 11.1. The number of nitrogens with zero attached hydrogens (tertiary/aromatic N) is 3. The van der Waals surface area contributed by atoms with Crippen molar-refractivity contribution in [1.29, 1.82) is 0 Å². The molecule has 1 atom stereocenters. The summed E-state index contributed by atoms with van der Waals surface area (Å²) in [7, 11) is 0. The minimum Gasteiger partial charge on any atom is -0.330 e. The molecule has 1 amide bonds. The van der Waals surface area contributed by atoms with E-state index in [1.165, 1.54) is 12.1 Å². The normalized spacial score (nSPS) is 12.3. The van der Waals surface area contributed by atoms with Crippen LogP contribution in [0.5, 0.6) is 0 Å². The maximum absolute atomic E-state index is 13.2. The maximum atomic E-state index is 13.2. The lowest BCUT2D eigenvalue weighted by Crippen LogP contribution is -2.33. The molecular formula is C16H15FN4O. The van der Waals surface area contributed by atoms with Gasteiger partial charge in [-0.2, -0.15) is 0 Å². The number of hydrogen-bond acceptors (Lipinski definition) is 3. The number of fused-ring (bicyclic) bond motifs is 1. The molecule has 2 aromatic carbocycles. The van der Waals surface area contributed by atoms with E-state index in [9.17, 15) is 9.18 Å². The highest BCUT2D eigenvalue weighted by Crippen LogP contribution is 2.20. The number of aromatic nitrogens is 3. The molecule has 0 fully saturated rings. The summed E-state index contributed by atoms with van der Waals surface area (Å²) >= 11 is 0. The van der Waals surface area contributed by atoms with Crippen LogP contribution in [0.15, 0.2) is 48.5 Å². The van der Waals surface area contributed by atoms with Gasteiger partial charge in [0.25, 0.3) is 0 Å². The van der Waals surface area contributed by atoms with Gasteiger partial charge >= 0.3 is 0 Å². The molecule has 0 aliphatic rings. The van der Waals surface area contributed by atoms with Gasteiger partial charge in [-0.25, -0.2) is 9.07 Å². The number of benzene rings is 2. The molecule has 1 heterocycles. The summed E-state index contributed by atoms with van der Waals surface area (Å²) in [4.78, 5) is 11.8. The molecule has 0 bridgehead atoms. The standard InChI is InChI=1S/C16H15FN4O/c1-2-15(22)18-16(11-7-9-12(17)10-8-11)21-14-6-4-3-5-13(14)19-20-21/h3-10,16H,2H2,1H3,(H,18,22). The molecule has 1 unspecified atom stereocenters. The quantitative estimate of drug-likeness (QED) is 0.805. The molecule has 0 saturated heterocycles. The second kappa shape index (κ2) is 5.93. The number of halogens is 1. The fourth-order valence-corrected chi connectivity index (χ4v) is 2.26. The van der Waals surface area contributed by atoms with Crippen LogP contribution in [0.1, 0.15) is 25.1 Å². The van der Waals surface area contributed by atoms with Crippen LogP contribution in [0.4, 0.5) is 4.39 Å². The van der Waals surface area contributed by atoms with Crippen LogP contribution in [-0.2, 0) is 4.79 Å². The van der Waals surface area contributed by atoms with Gasteiger partial charge in [0.05, 0.1) is 5.52 Å². The van der Waals surface area contributed by atoms with Crippen molar-refractivity contribution in [3.63, 3.8) is 0 Å². The third kappa shape index (κ3) is 2.67. The van der Waals surface area contributed by atoms with Crippen molar-refractivity contribution in [3.8, 4) is 0 Å². The van der Waals surface area contributed by atoms with Crippen molar-refractivity contribution >= 4 is 16.9 Å². The average molecular weight is 298 g/mol. The Morgan fingerprint density at radius 3 is 2.68 bits per heavy atom. The zero-order valence-corrected chi connectivity index (χ0v) is 12.0. The summed E-state index contributed by atoms with van der Waals surface area (Å²) in [6, 6.07) is 13.5. The molecule has 112 valence electrons. The molecule has 1 aromatic heterocycles. The van der Waals surface area contributed by atoms with E-state index in [0.717, 1.165) is 16.6 Å². The molecule has 5 nitrogen and oxygen atoms in total. The average Bonchev–Trinajstić information content (AvgIpc) is 2.97. The monoisotopic (exact) mass is 298 g/mol. The fourth-order valence-electron chi connectivity index (χ4n) is 2.26. The summed E-state index contributed by atoms with van der Waals surface area (Å²) in [5.74, 6) is -0.443. The summed E-state index contributed by atoms with van der Waals surface area (Å²) in [6.45, 7) is 1.77. The van der Waals surface area contributed by atoms with Crippen LogP contribution in [0, 0.1) is 5.82 Å². The molecule has 0 saturated carbocycles. The highest BCUT2D eigenvalue weighted by atomic mass is 19.1. The lowest BCUT2D eigenvalue weighted by molar-refractivity contribution is -0.121. The van der Waals surface area contributed by atoms with Gasteiger partial charge in [0, 0.05) is 6.42 Å². The minimum atomic E-state index is -0.527. The first-order valence-corrected chi connectivity index (χ1v) is 7.04. The van der Waals surface area contributed by atoms with Crippen LogP contribution in [0.3, 0.4) is 0 Å². The van der Waals surface area contributed by atoms with Gasteiger partial charge in [-0.15, -0.1) is 5.10 Å². The lowest BCUT2D eigenvalue weighted by Gasteiger charge is -2.19. The third-order valence-corrected chi connectivity index (χ3v) is 3.43. The van der Waals surface area contributed by atoms with E-state index in [2.05, 4.69) is 15.6 Å². The maximum Gasteiger partial charge on any atom is 0.221 e. The first-order chi connectivity index (χ1) is 10.7. The Bertz CT molecular complexity index is 797. The van der Waals surface area contributed by atoms with Crippen molar-refractivity contribution in [2.24, 2.45) is 0 Å². The lowest BCUT2D eigenvalue weighted by atomic mass is 10.1. The second-order valence-electron chi connectivity index (χ2n) is 4.90. The molecule has 6 heteroatoms. The highest BCUT2D eigenvalue weighted by molar-refractivity contribution is 5.77. The zero-order valence-electron chi connectivity index (χ0n) is 12.0. The van der Waals surface area contributed by atoms with Gasteiger partial charge in [-0.3, -0.25) is 4.79 Å². The van der Waals surface area contributed by atoms with Crippen molar-refractivity contribution < 1.29 is 9.18 Å². The van der Waals surface area contributed by atoms with E-state index in [1.54, 1.807) is 23.7 Å². The number of para-hydroxylation sites is 1. The molecule has 1 N–H and O–H groups in total. The summed E-state index contributed by atoms with van der Waals surface area (Å²) in [6.07, 6.45) is -0.176. The van der Waals surface area contributed by atoms with Crippen LogP contribution < -0.4 is 5.32 Å². The minimum absolute atomic E-state index is 0.117. The van der Waals surface area contributed by atoms with E-state index < -0.39 is 6.17 Å². The van der Waals surface area contributed by atoms with E-state index in [-0.39, 0.29) is 11.7 Å². The number of carbonyl (C=O) groups excluding carboxylic acids is 1. The van der Waals surface area contributed by atoms with E-state index in [0.29, 0.717) is 6.42 Å². The second-order valence-corrected chi connectivity index (χ2v) is 4.90.